The van der Waals surface area contributed by atoms with Crippen LogP contribution >= 0.6 is 0 Å². The van der Waals surface area contributed by atoms with Crippen molar-refractivity contribution in [2.75, 3.05) is 20.3 Å². The number of carbonyl (C=O) groups is 1. The lowest BCUT2D eigenvalue weighted by molar-refractivity contribution is 0.0946. The third-order valence-corrected chi connectivity index (χ3v) is 2.64. The number of benzene rings is 1. The number of aromatic nitrogens is 1. The standard InChI is InChI=1S/C15H16N2O3/c1-19-13-4-6-14(7-5-13)20-10-9-17-15(18)12-3-2-8-16-11-12/h2-8,11H,9-10H2,1H3,(H,17,18). The number of ether oxygens (including phenoxy) is 2. The molecule has 0 unspecified atom stereocenters. The van der Waals surface area contributed by atoms with E-state index in [1.807, 2.05) is 24.3 Å². The number of nitrogens with zero attached hydrogens (tertiary/aromatic N) is 1. The maximum Gasteiger partial charge on any atom is 0.252 e. The van der Waals surface area contributed by atoms with Gasteiger partial charge in [-0.15, -0.1) is 0 Å². The van der Waals surface area contributed by atoms with Gasteiger partial charge in [-0.25, -0.2) is 0 Å². The van der Waals surface area contributed by atoms with E-state index in [2.05, 4.69) is 10.3 Å². The summed E-state index contributed by atoms with van der Waals surface area (Å²) in [4.78, 5) is 15.6. The zero-order chi connectivity index (χ0) is 14.2. The summed E-state index contributed by atoms with van der Waals surface area (Å²) in [6.45, 7) is 0.831. The molecular formula is C15H16N2O3. The summed E-state index contributed by atoms with van der Waals surface area (Å²) in [6.07, 6.45) is 3.16. The summed E-state index contributed by atoms with van der Waals surface area (Å²) >= 11 is 0. The lowest BCUT2D eigenvalue weighted by Crippen LogP contribution is -2.28. The number of hydrogen-bond acceptors (Lipinski definition) is 4. The number of carbonyl (C=O) groups excluding carboxylic acids is 1. The molecule has 0 fully saturated rings. The van der Waals surface area contributed by atoms with Gasteiger partial charge in [0.2, 0.25) is 0 Å². The van der Waals surface area contributed by atoms with Gasteiger partial charge in [0.15, 0.2) is 0 Å². The Hall–Kier alpha value is -2.56. The molecule has 1 aromatic carbocycles. The molecule has 5 heteroatoms. The van der Waals surface area contributed by atoms with Gasteiger partial charge in [-0.05, 0) is 36.4 Å². The van der Waals surface area contributed by atoms with Crippen molar-refractivity contribution in [3.63, 3.8) is 0 Å². The topological polar surface area (TPSA) is 60.5 Å². The van der Waals surface area contributed by atoms with E-state index >= 15 is 0 Å². The Bertz CT molecular complexity index is 541. The van der Waals surface area contributed by atoms with Crippen LogP contribution in [0, 0.1) is 0 Å². The van der Waals surface area contributed by atoms with Gasteiger partial charge >= 0.3 is 0 Å². The van der Waals surface area contributed by atoms with E-state index in [0.29, 0.717) is 18.7 Å². The van der Waals surface area contributed by atoms with Crippen LogP contribution in [0.1, 0.15) is 10.4 Å². The van der Waals surface area contributed by atoms with E-state index in [9.17, 15) is 4.79 Å². The van der Waals surface area contributed by atoms with Gasteiger partial charge in [0.05, 0.1) is 19.2 Å². The first-order valence-corrected chi connectivity index (χ1v) is 6.24. The third-order valence-electron chi connectivity index (χ3n) is 2.64. The Kier molecular flexibility index (Phi) is 4.94. The molecule has 1 amide bonds. The zero-order valence-corrected chi connectivity index (χ0v) is 11.2. The molecule has 0 atom stereocenters. The fourth-order valence-corrected chi connectivity index (χ4v) is 1.60. The molecule has 5 nitrogen and oxygen atoms in total. The number of methoxy groups -OCH3 is 1. The molecule has 1 heterocycles. The molecule has 2 rings (SSSR count). The van der Waals surface area contributed by atoms with Crippen LogP contribution in [0.4, 0.5) is 0 Å². The first kappa shape index (κ1) is 13.9. The Morgan fingerprint density at radius 1 is 1.20 bits per heavy atom. The molecule has 104 valence electrons. The molecule has 0 saturated heterocycles. The minimum absolute atomic E-state index is 0.156. The number of amides is 1. The lowest BCUT2D eigenvalue weighted by Gasteiger charge is -2.08. The average molecular weight is 272 g/mol. The van der Waals surface area contributed by atoms with Crippen molar-refractivity contribution in [1.29, 1.82) is 0 Å². The molecule has 20 heavy (non-hydrogen) atoms. The van der Waals surface area contributed by atoms with Crippen molar-refractivity contribution >= 4 is 5.91 Å². The second-order valence-electron chi connectivity index (χ2n) is 4.02. The van der Waals surface area contributed by atoms with Crippen LogP contribution < -0.4 is 14.8 Å². The highest BCUT2D eigenvalue weighted by Crippen LogP contribution is 2.16. The van der Waals surface area contributed by atoms with Crippen molar-refractivity contribution in [3.05, 3.63) is 54.4 Å². The van der Waals surface area contributed by atoms with Gasteiger partial charge in [-0.2, -0.15) is 0 Å². The highest BCUT2D eigenvalue weighted by atomic mass is 16.5. The molecule has 0 aliphatic carbocycles. The van der Waals surface area contributed by atoms with Crippen molar-refractivity contribution in [3.8, 4) is 11.5 Å². The summed E-state index contributed by atoms with van der Waals surface area (Å²) in [6, 6.07) is 10.7. The fraction of sp³-hybridized carbons (Fsp3) is 0.200. The first-order valence-electron chi connectivity index (χ1n) is 6.24. The van der Waals surface area contributed by atoms with E-state index in [-0.39, 0.29) is 5.91 Å². The van der Waals surface area contributed by atoms with Crippen LogP contribution in [0.25, 0.3) is 0 Å². The molecule has 1 aromatic heterocycles. The Morgan fingerprint density at radius 2 is 1.95 bits per heavy atom. The number of pyridine rings is 1. The van der Waals surface area contributed by atoms with Gasteiger partial charge in [-0.3, -0.25) is 9.78 Å². The summed E-state index contributed by atoms with van der Waals surface area (Å²) in [5.41, 5.74) is 0.539. The highest BCUT2D eigenvalue weighted by molar-refractivity contribution is 5.93. The monoisotopic (exact) mass is 272 g/mol. The second kappa shape index (κ2) is 7.13. The van der Waals surface area contributed by atoms with Gasteiger partial charge in [0.1, 0.15) is 18.1 Å². The Balaban J connectivity index is 1.72. The largest absolute Gasteiger partial charge is 0.497 e. The molecule has 1 N–H and O–H groups in total. The number of rotatable bonds is 6. The van der Waals surface area contributed by atoms with Crippen LogP contribution in [0.2, 0.25) is 0 Å². The maximum atomic E-state index is 11.7. The van der Waals surface area contributed by atoms with Crippen LogP contribution in [-0.4, -0.2) is 31.2 Å². The smallest absolute Gasteiger partial charge is 0.252 e. The van der Waals surface area contributed by atoms with Crippen molar-refractivity contribution < 1.29 is 14.3 Å². The predicted octanol–water partition coefficient (Wildman–Crippen LogP) is 1.90. The molecule has 0 spiro atoms. The van der Waals surface area contributed by atoms with Crippen LogP contribution in [0.3, 0.4) is 0 Å². The minimum Gasteiger partial charge on any atom is -0.497 e. The molecule has 0 saturated carbocycles. The third kappa shape index (κ3) is 3.98. The van der Waals surface area contributed by atoms with Gasteiger partial charge in [-0.1, -0.05) is 0 Å². The second-order valence-corrected chi connectivity index (χ2v) is 4.02. The van der Waals surface area contributed by atoms with Crippen LogP contribution in [0.5, 0.6) is 11.5 Å². The lowest BCUT2D eigenvalue weighted by atomic mass is 10.3. The summed E-state index contributed by atoms with van der Waals surface area (Å²) in [5.74, 6) is 1.36. The number of nitrogens with one attached hydrogen (secondary N) is 1. The molecular weight excluding hydrogens is 256 g/mol. The highest BCUT2D eigenvalue weighted by Gasteiger charge is 2.03. The van der Waals surface area contributed by atoms with E-state index < -0.39 is 0 Å². The van der Waals surface area contributed by atoms with Crippen molar-refractivity contribution in [2.24, 2.45) is 0 Å². The minimum atomic E-state index is -0.156. The van der Waals surface area contributed by atoms with E-state index in [0.717, 1.165) is 11.5 Å². The SMILES string of the molecule is COc1ccc(OCCNC(=O)c2cccnc2)cc1. The fourth-order valence-electron chi connectivity index (χ4n) is 1.60. The zero-order valence-electron chi connectivity index (χ0n) is 11.2. The van der Waals surface area contributed by atoms with E-state index in [1.165, 1.54) is 6.20 Å². The first-order chi connectivity index (χ1) is 9.79. The van der Waals surface area contributed by atoms with Gasteiger partial charge in [0, 0.05) is 12.4 Å². The van der Waals surface area contributed by atoms with Crippen molar-refractivity contribution in [2.45, 2.75) is 0 Å². The van der Waals surface area contributed by atoms with Crippen molar-refractivity contribution in [1.82, 2.24) is 10.3 Å². The summed E-state index contributed by atoms with van der Waals surface area (Å²) in [5, 5.41) is 2.76. The maximum absolute atomic E-state index is 11.7. The summed E-state index contributed by atoms with van der Waals surface area (Å²) in [7, 11) is 1.61. The molecule has 0 aliphatic rings. The normalized spacial score (nSPS) is 9.85. The average Bonchev–Trinajstić information content (AvgIpc) is 2.53. The van der Waals surface area contributed by atoms with Gasteiger partial charge in [0.25, 0.3) is 5.91 Å². The molecule has 0 radical (unpaired) electrons. The number of hydrogen-bond donors (Lipinski definition) is 1. The predicted molar refractivity (Wildman–Crippen MR) is 75.1 cm³/mol. The van der Waals surface area contributed by atoms with E-state index in [1.54, 1.807) is 25.4 Å². The van der Waals surface area contributed by atoms with Crippen LogP contribution in [-0.2, 0) is 0 Å². The molecule has 0 aliphatic heterocycles. The summed E-state index contributed by atoms with van der Waals surface area (Å²) < 4.78 is 10.6. The Labute approximate surface area is 117 Å². The van der Waals surface area contributed by atoms with Crippen LogP contribution in [0.15, 0.2) is 48.8 Å². The van der Waals surface area contributed by atoms with E-state index in [4.69, 9.17) is 9.47 Å². The molecule has 0 bridgehead atoms. The quantitative estimate of drug-likeness (QED) is 0.816. The Morgan fingerprint density at radius 3 is 2.60 bits per heavy atom. The molecule has 2 aromatic rings. The van der Waals surface area contributed by atoms with Gasteiger partial charge < -0.3 is 14.8 Å².